The first-order valence-corrected chi connectivity index (χ1v) is 17.0. The van der Waals surface area contributed by atoms with Gasteiger partial charge >= 0.3 is 0 Å². The molecule has 1 saturated carbocycles. The summed E-state index contributed by atoms with van der Waals surface area (Å²) in [7, 11) is -4.12. The van der Waals surface area contributed by atoms with E-state index in [2.05, 4.69) is 5.32 Å². The molecule has 9 heteroatoms. The van der Waals surface area contributed by atoms with Gasteiger partial charge < -0.3 is 10.2 Å². The first kappa shape index (κ1) is 32.6. The van der Waals surface area contributed by atoms with E-state index in [1.807, 2.05) is 45.0 Å². The molecule has 3 aromatic carbocycles. The molecule has 1 N–H and O–H groups in total. The third kappa shape index (κ3) is 8.18. The van der Waals surface area contributed by atoms with E-state index in [1.54, 1.807) is 48.5 Å². The second-order valence-electron chi connectivity index (χ2n) is 11.2. The van der Waals surface area contributed by atoms with Crippen molar-refractivity contribution in [2.45, 2.75) is 89.2 Å². The predicted molar refractivity (Wildman–Crippen MR) is 173 cm³/mol. The van der Waals surface area contributed by atoms with Crippen molar-refractivity contribution in [1.82, 2.24) is 10.2 Å². The molecule has 230 valence electrons. The van der Waals surface area contributed by atoms with E-state index in [4.69, 9.17) is 11.6 Å². The normalized spacial score (nSPS) is 14.6. The predicted octanol–water partition coefficient (Wildman–Crippen LogP) is 6.66. The molecule has 0 aliphatic heterocycles. The number of nitrogens with zero attached hydrogens (tertiary/aromatic N) is 2. The molecule has 2 amide bonds. The zero-order valence-electron chi connectivity index (χ0n) is 25.3. The summed E-state index contributed by atoms with van der Waals surface area (Å²) in [6, 6.07) is 20.3. The number of nitrogens with one attached hydrogen (secondary N) is 1. The maximum absolute atomic E-state index is 14.3. The van der Waals surface area contributed by atoms with Gasteiger partial charge in [0.1, 0.15) is 12.6 Å². The fraction of sp³-hybridized carbons (Fsp3) is 0.412. The van der Waals surface area contributed by atoms with Crippen molar-refractivity contribution in [3.8, 4) is 0 Å². The van der Waals surface area contributed by atoms with Crippen LogP contribution in [0.3, 0.4) is 0 Å². The SMILES string of the molecule is CCc1ccccc1N(CC(=O)N(Cc1ccc(Cl)cc1)C(CC)C(=O)NC1CCCCC1)S(=O)(=O)c1ccc(C)cc1. The van der Waals surface area contributed by atoms with Crippen LogP contribution in [0.1, 0.15) is 69.1 Å². The summed E-state index contributed by atoms with van der Waals surface area (Å²) in [5, 5.41) is 3.74. The van der Waals surface area contributed by atoms with Crippen LogP contribution in [0, 0.1) is 6.92 Å². The Morgan fingerprint density at radius 2 is 1.58 bits per heavy atom. The number of anilines is 1. The molecule has 1 atom stereocenters. The molecule has 0 heterocycles. The number of benzene rings is 3. The van der Waals surface area contributed by atoms with Crippen molar-refractivity contribution in [2.75, 3.05) is 10.8 Å². The Kier molecular flexibility index (Phi) is 11.3. The highest BCUT2D eigenvalue weighted by molar-refractivity contribution is 7.92. The number of rotatable bonds is 12. The topological polar surface area (TPSA) is 86.8 Å². The monoisotopic (exact) mass is 623 g/mol. The number of carbonyl (C=O) groups is 2. The highest BCUT2D eigenvalue weighted by Gasteiger charge is 2.35. The molecule has 1 aliphatic carbocycles. The van der Waals surface area contributed by atoms with Crippen molar-refractivity contribution in [2.24, 2.45) is 0 Å². The second-order valence-corrected chi connectivity index (χ2v) is 13.5. The maximum Gasteiger partial charge on any atom is 0.264 e. The number of para-hydroxylation sites is 1. The molecule has 4 rings (SSSR count). The van der Waals surface area contributed by atoms with Gasteiger partial charge in [-0.25, -0.2) is 8.42 Å². The van der Waals surface area contributed by atoms with Gasteiger partial charge in [-0.2, -0.15) is 0 Å². The Morgan fingerprint density at radius 1 is 0.930 bits per heavy atom. The lowest BCUT2D eigenvalue weighted by Crippen LogP contribution is -2.54. The fourth-order valence-corrected chi connectivity index (χ4v) is 7.23. The van der Waals surface area contributed by atoms with Gasteiger partial charge in [-0.05, 0) is 74.1 Å². The van der Waals surface area contributed by atoms with E-state index in [9.17, 15) is 18.0 Å². The van der Waals surface area contributed by atoms with Crippen LogP contribution in [-0.2, 0) is 32.6 Å². The first-order chi connectivity index (χ1) is 20.6. The van der Waals surface area contributed by atoms with Crippen LogP contribution < -0.4 is 9.62 Å². The lowest BCUT2D eigenvalue weighted by molar-refractivity contribution is -0.140. The highest BCUT2D eigenvalue weighted by Crippen LogP contribution is 2.29. The summed E-state index contributed by atoms with van der Waals surface area (Å²) in [5.41, 5.74) is 2.98. The summed E-state index contributed by atoms with van der Waals surface area (Å²) in [6.07, 6.45) is 6.10. The summed E-state index contributed by atoms with van der Waals surface area (Å²) in [6.45, 7) is 5.41. The Labute approximate surface area is 261 Å². The molecular formula is C34H42ClN3O4S. The first-order valence-electron chi connectivity index (χ1n) is 15.2. The Hall–Kier alpha value is -3.36. The lowest BCUT2D eigenvalue weighted by atomic mass is 9.95. The van der Waals surface area contributed by atoms with Crippen LogP contribution in [0.2, 0.25) is 5.02 Å². The Balaban J connectivity index is 1.73. The minimum atomic E-state index is -4.12. The quantitative estimate of drug-likeness (QED) is 0.244. The van der Waals surface area contributed by atoms with Gasteiger partial charge in [0, 0.05) is 17.6 Å². The zero-order valence-corrected chi connectivity index (χ0v) is 26.8. The Bertz CT molecular complexity index is 1490. The van der Waals surface area contributed by atoms with Gasteiger partial charge in [-0.3, -0.25) is 13.9 Å². The van der Waals surface area contributed by atoms with E-state index in [0.717, 1.165) is 48.8 Å². The average molecular weight is 624 g/mol. The van der Waals surface area contributed by atoms with Crippen LogP contribution in [0.15, 0.2) is 77.7 Å². The van der Waals surface area contributed by atoms with Crippen LogP contribution in [-0.4, -0.2) is 43.8 Å². The molecule has 0 radical (unpaired) electrons. The summed E-state index contributed by atoms with van der Waals surface area (Å²) in [5.74, 6) is -0.666. The van der Waals surface area contributed by atoms with Crippen LogP contribution in [0.5, 0.6) is 0 Å². The smallest absolute Gasteiger partial charge is 0.264 e. The molecule has 0 spiro atoms. The van der Waals surface area contributed by atoms with Crippen LogP contribution in [0.4, 0.5) is 5.69 Å². The Morgan fingerprint density at radius 3 is 2.21 bits per heavy atom. The minimum Gasteiger partial charge on any atom is -0.352 e. The number of hydrogen-bond donors (Lipinski definition) is 1. The number of carbonyl (C=O) groups excluding carboxylic acids is 2. The lowest BCUT2D eigenvalue weighted by Gasteiger charge is -2.35. The maximum atomic E-state index is 14.3. The summed E-state index contributed by atoms with van der Waals surface area (Å²) < 4.78 is 29.5. The van der Waals surface area contributed by atoms with Gasteiger partial charge in [0.15, 0.2) is 0 Å². The number of sulfonamides is 1. The van der Waals surface area contributed by atoms with Crippen LogP contribution >= 0.6 is 11.6 Å². The van der Waals surface area contributed by atoms with Gasteiger partial charge in [0.05, 0.1) is 10.6 Å². The van der Waals surface area contributed by atoms with Crippen molar-refractivity contribution >= 4 is 39.1 Å². The molecule has 1 unspecified atom stereocenters. The van der Waals surface area contributed by atoms with Crippen molar-refractivity contribution in [3.63, 3.8) is 0 Å². The third-order valence-corrected chi connectivity index (χ3v) is 10.2. The van der Waals surface area contributed by atoms with E-state index in [-0.39, 0.29) is 23.4 Å². The van der Waals surface area contributed by atoms with Crippen molar-refractivity contribution in [1.29, 1.82) is 0 Å². The van der Waals surface area contributed by atoms with Crippen molar-refractivity contribution < 1.29 is 18.0 Å². The molecule has 43 heavy (non-hydrogen) atoms. The minimum absolute atomic E-state index is 0.0811. The van der Waals surface area contributed by atoms with Gasteiger partial charge in [-0.1, -0.05) is 92.7 Å². The molecule has 7 nitrogen and oxygen atoms in total. The fourth-order valence-electron chi connectivity index (χ4n) is 5.65. The number of amides is 2. The largest absolute Gasteiger partial charge is 0.352 e. The average Bonchev–Trinajstić information content (AvgIpc) is 3.01. The van der Waals surface area contributed by atoms with E-state index in [1.165, 1.54) is 9.21 Å². The van der Waals surface area contributed by atoms with E-state index in [0.29, 0.717) is 23.6 Å². The van der Waals surface area contributed by atoms with E-state index >= 15 is 0 Å². The van der Waals surface area contributed by atoms with Crippen molar-refractivity contribution in [3.05, 3.63) is 94.5 Å². The molecule has 0 saturated heterocycles. The molecular weight excluding hydrogens is 582 g/mol. The summed E-state index contributed by atoms with van der Waals surface area (Å²) >= 11 is 6.12. The molecule has 3 aromatic rings. The number of hydrogen-bond acceptors (Lipinski definition) is 4. The third-order valence-electron chi connectivity index (χ3n) is 8.13. The molecule has 1 aliphatic rings. The van der Waals surface area contributed by atoms with Gasteiger partial charge in [-0.15, -0.1) is 0 Å². The molecule has 1 fully saturated rings. The molecule has 0 aromatic heterocycles. The second kappa shape index (κ2) is 14.9. The number of halogens is 1. The standard InChI is InChI=1S/C34H42ClN3O4S/c1-4-27-11-9-10-14-32(27)38(43(41,42)30-21-15-25(3)16-22-30)24-33(39)37(23-26-17-19-28(35)20-18-26)31(5-2)34(40)36-29-12-7-6-8-13-29/h9-11,14-22,29,31H,4-8,12-13,23-24H2,1-3H3,(H,36,40). The van der Waals surface area contributed by atoms with Crippen LogP contribution in [0.25, 0.3) is 0 Å². The van der Waals surface area contributed by atoms with Gasteiger partial charge in [0.25, 0.3) is 10.0 Å². The highest BCUT2D eigenvalue weighted by atomic mass is 35.5. The van der Waals surface area contributed by atoms with Gasteiger partial charge in [0.2, 0.25) is 11.8 Å². The number of aryl methyl sites for hydroxylation is 2. The zero-order chi connectivity index (χ0) is 31.0. The van der Waals surface area contributed by atoms with E-state index < -0.39 is 28.5 Å². The summed E-state index contributed by atoms with van der Waals surface area (Å²) in [4.78, 5) is 29.6. The molecule has 0 bridgehead atoms.